The molecule has 102 valence electrons. The number of aromatic nitrogens is 2. The van der Waals surface area contributed by atoms with E-state index in [4.69, 9.17) is 5.73 Å². The predicted molar refractivity (Wildman–Crippen MR) is 74.4 cm³/mol. The maximum atomic E-state index is 13.4. The second kappa shape index (κ2) is 4.93. The smallest absolute Gasteiger partial charge is 0.125 e. The number of hydrogen-bond donors (Lipinski definition) is 1. The molecule has 3 nitrogen and oxygen atoms in total. The maximum absolute atomic E-state index is 13.4. The highest BCUT2D eigenvalue weighted by Crippen LogP contribution is 2.33. The summed E-state index contributed by atoms with van der Waals surface area (Å²) in [5.41, 5.74) is 7.96. The third kappa shape index (κ3) is 2.50. The van der Waals surface area contributed by atoms with E-state index in [0.717, 1.165) is 36.2 Å². The van der Waals surface area contributed by atoms with Crippen molar-refractivity contribution in [2.24, 2.45) is 11.7 Å². The molecule has 1 fully saturated rings. The van der Waals surface area contributed by atoms with Gasteiger partial charge in [-0.15, -0.1) is 0 Å². The summed E-state index contributed by atoms with van der Waals surface area (Å²) >= 11 is 0. The molecular formula is C15H20FN3. The molecule has 1 aromatic carbocycles. The molecule has 0 aliphatic heterocycles. The van der Waals surface area contributed by atoms with Crippen LogP contribution >= 0.6 is 0 Å². The first-order chi connectivity index (χ1) is 9.19. The molecule has 0 amide bonds. The molecule has 2 N–H and O–H groups in total. The second-order valence-corrected chi connectivity index (χ2v) is 5.52. The highest BCUT2D eigenvalue weighted by molar-refractivity contribution is 5.76. The van der Waals surface area contributed by atoms with E-state index in [0.29, 0.717) is 5.92 Å². The molecule has 1 heterocycles. The van der Waals surface area contributed by atoms with Gasteiger partial charge in [-0.05, 0) is 43.4 Å². The lowest BCUT2D eigenvalue weighted by Crippen LogP contribution is -2.26. The first-order valence-electron chi connectivity index (χ1n) is 7.09. The minimum atomic E-state index is -0.206. The van der Waals surface area contributed by atoms with E-state index in [1.807, 2.05) is 0 Å². The largest absolute Gasteiger partial charge is 0.328 e. The van der Waals surface area contributed by atoms with Gasteiger partial charge in [-0.1, -0.05) is 6.92 Å². The van der Waals surface area contributed by atoms with E-state index in [9.17, 15) is 4.39 Å². The highest BCUT2D eigenvalue weighted by atomic mass is 19.1. The zero-order chi connectivity index (χ0) is 13.4. The van der Waals surface area contributed by atoms with Crippen molar-refractivity contribution in [3.63, 3.8) is 0 Å². The van der Waals surface area contributed by atoms with Gasteiger partial charge in [-0.2, -0.15) is 0 Å². The Morgan fingerprint density at radius 1 is 1.47 bits per heavy atom. The Hall–Kier alpha value is -1.42. The van der Waals surface area contributed by atoms with Gasteiger partial charge in [0.1, 0.15) is 11.6 Å². The molecule has 0 saturated heterocycles. The minimum Gasteiger partial charge on any atom is -0.328 e. The summed E-state index contributed by atoms with van der Waals surface area (Å²) in [7, 11) is 0. The molecule has 1 aliphatic carbocycles. The topological polar surface area (TPSA) is 43.8 Å². The zero-order valence-corrected chi connectivity index (χ0v) is 11.3. The molecule has 2 aromatic rings. The molecule has 1 atom stereocenters. The van der Waals surface area contributed by atoms with Crippen LogP contribution in [0.2, 0.25) is 0 Å². The SMILES string of the molecule is CCCn1c(CC(N)C2CC2)nc2ccc(F)cc21. The number of nitrogens with zero attached hydrogens (tertiary/aromatic N) is 2. The van der Waals surface area contributed by atoms with Gasteiger partial charge in [-0.3, -0.25) is 0 Å². The Morgan fingerprint density at radius 2 is 2.26 bits per heavy atom. The molecule has 1 unspecified atom stereocenters. The van der Waals surface area contributed by atoms with Crippen molar-refractivity contribution in [1.29, 1.82) is 0 Å². The lowest BCUT2D eigenvalue weighted by Gasteiger charge is -2.12. The van der Waals surface area contributed by atoms with Gasteiger partial charge in [0.2, 0.25) is 0 Å². The third-order valence-electron chi connectivity index (χ3n) is 3.88. The van der Waals surface area contributed by atoms with E-state index in [1.165, 1.54) is 18.9 Å². The van der Waals surface area contributed by atoms with Crippen molar-refractivity contribution < 1.29 is 4.39 Å². The lowest BCUT2D eigenvalue weighted by molar-refractivity contribution is 0.548. The van der Waals surface area contributed by atoms with Gasteiger partial charge in [0.25, 0.3) is 0 Å². The van der Waals surface area contributed by atoms with E-state index in [-0.39, 0.29) is 11.9 Å². The Bertz CT molecular complexity index is 586. The van der Waals surface area contributed by atoms with Crippen LogP contribution in [0.5, 0.6) is 0 Å². The Balaban J connectivity index is 1.98. The maximum Gasteiger partial charge on any atom is 0.125 e. The number of halogens is 1. The molecule has 3 rings (SSSR count). The van der Waals surface area contributed by atoms with Crippen LogP contribution in [0.15, 0.2) is 18.2 Å². The van der Waals surface area contributed by atoms with Crippen molar-refractivity contribution in [3.8, 4) is 0 Å². The number of benzene rings is 1. The van der Waals surface area contributed by atoms with Crippen LogP contribution in [0.3, 0.4) is 0 Å². The molecule has 1 aliphatic rings. The summed E-state index contributed by atoms with van der Waals surface area (Å²) in [6.45, 7) is 2.99. The van der Waals surface area contributed by atoms with E-state index < -0.39 is 0 Å². The molecular weight excluding hydrogens is 241 g/mol. The number of hydrogen-bond acceptors (Lipinski definition) is 2. The van der Waals surface area contributed by atoms with E-state index >= 15 is 0 Å². The minimum absolute atomic E-state index is 0.192. The fraction of sp³-hybridized carbons (Fsp3) is 0.533. The normalized spacial score (nSPS) is 17.0. The number of nitrogens with two attached hydrogens (primary N) is 1. The molecule has 4 heteroatoms. The molecule has 0 bridgehead atoms. The molecule has 0 radical (unpaired) electrons. The summed E-state index contributed by atoms with van der Waals surface area (Å²) in [6, 6.07) is 4.99. The van der Waals surface area contributed by atoms with Crippen molar-refractivity contribution in [3.05, 3.63) is 29.8 Å². The molecule has 19 heavy (non-hydrogen) atoms. The van der Waals surface area contributed by atoms with Gasteiger partial charge in [0, 0.05) is 19.0 Å². The second-order valence-electron chi connectivity index (χ2n) is 5.52. The standard InChI is InChI=1S/C15H20FN3/c1-2-7-19-14-8-11(16)5-6-13(14)18-15(19)9-12(17)10-3-4-10/h5-6,8,10,12H,2-4,7,9,17H2,1H3. The van der Waals surface area contributed by atoms with Gasteiger partial charge < -0.3 is 10.3 Å². The predicted octanol–water partition coefficient (Wildman–Crippen LogP) is 2.87. The van der Waals surface area contributed by atoms with Crippen LogP contribution in [0, 0.1) is 11.7 Å². The van der Waals surface area contributed by atoms with E-state index in [1.54, 1.807) is 12.1 Å². The fourth-order valence-corrected chi connectivity index (χ4v) is 2.68. The summed E-state index contributed by atoms with van der Waals surface area (Å²) in [5.74, 6) is 1.45. The number of imidazole rings is 1. The number of fused-ring (bicyclic) bond motifs is 1. The van der Waals surface area contributed by atoms with E-state index in [2.05, 4.69) is 16.5 Å². The lowest BCUT2D eigenvalue weighted by atomic mass is 10.1. The summed E-state index contributed by atoms with van der Waals surface area (Å²) in [4.78, 5) is 4.64. The van der Waals surface area contributed by atoms with Crippen molar-refractivity contribution in [2.45, 2.75) is 45.2 Å². The highest BCUT2D eigenvalue weighted by Gasteiger charge is 2.29. The van der Waals surface area contributed by atoms with Crippen molar-refractivity contribution >= 4 is 11.0 Å². The van der Waals surface area contributed by atoms with Crippen LogP contribution in [-0.2, 0) is 13.0 Å². The Kier molecular flexibility index (Phi) is 3.27. The fourth-order valence-electron chi connectivity index (χ4n) is 2.68. The first kappa shape index (κ1) is 12.6. The van der Waals surface area contributed by atoms with Crippen LogP contribution in [0.4, 0.5) is 4.39 Å². The summed E-state index contributed by atoms with van der Waals surface area (Å²) in [5, 5.41) is 0. The van der Waals surface area contributed by atoms with Crippen molar-refractivity contribution in [2.75, 3.05) is 0 Å². The first-order valence-corrected chi connectivity index (χ1v) is 7.09. The van der Waals surface area contributed by atoms with Crippen LogP contribution in [-0.4, -0.2) is 15.6 Å². The average Bonchev–Trinajstić information content (AvgIpc) is 3.17. The van der Waals surface area contributed by atoms with Gasteiger partial charge in [-0.25, -0.2) is 9.37 Å². The Morgan fingerprint density at radius 3 is 2.95 bits per heavy atom. The summed E-state index contributed by atoms with van der Waals surface area (Å²) in [6.07, 6.45) is 4.28. The number of aryl methyl sites for hydroxylation is 1. The quantitative estimate of drug-likeness (QED) is 0.899. The number of rotatable bonds is 5. The molecule has 1 saturated carbocycles. The van der Waals surface area contributed by atoms with Crippen molar-refractivity contribution in [1.82, 2.24) is 9.55 Å². The van der Waals surface area contributed by atoms with Crippen LogP contribution in [0.1, 0.15) is 32.0 Å². The molecule has 1 aromatic heterocycles. The zero-order valence-electron chi connectivity index (χ0n) is 11.3. The van der Waals surface area contributed by atoms with Gasteiger partial charge >= 0.3 is 0 Å². The van der Waals surface area contributed by atoms with Crippen LogP contribution in [0.25, 0.3) is 11.0 Å². The monoisotopic (exact) mass is 261 g/mol. The van der Waals surface area contributed by atoms with Crippen LogP contribution < -0.4 is 5.73 Å². The Labute approximate surface area is 112 Å². The average molecular weight is 261 g/mol. The van der Waals surface area contributed by atoms with Gasteiger partial charge in [0.15, 0.2) is 0 Å². The molecule has 0 spiro atoms. The van der Waals surface area contributed by atoms with Gasteiger partial charge in [0.05, 0.1) is 11.0 Å². The summed E-state index contributed by atoms with van der Waals surface area (Å²) < 4.78 is 15.5. The third-order valence-corrected chi connectivity index (χ3v) is 3.88.